The van der Waals surface area contributed by atoms with Crippen LogP contribution in [0.1, 0.15) is 19.8 Å². The highest BCUT2D eigenvalue weighted by Gasteiger charge is 2.05. The number of carbonyl (C=O) groups is 1. The molecule has 0 aliphatic rings. The largest absolute Gasteiger partial charge is 0.391 e. The zero-order valence-corrected chi connectivity index (χ0v) is 9.44. The monoisotopic (exact) mass is 222 g/mol. The van der Waals surface area contributed by atoms with E-state index >= 15 is 0 Å². The van der Waals surface area contributed by atoms with Gasteiger partial charge in [0.1, 0.15) is 0 Å². The van der Waals surface area contributed by atoms with E-state index < -0.39 is 6.10 Å². The molecule has 3 N–H and O–H groups in total. The van der Waals surface area contributed by atoms with Crippen LogP contribution in [0.15, 0.2) is 30.3 Å². The molecule has 0 aliphatic heterocycles. The molecule has 1 aromatic rings. The highest BCUT2D eigenvalue weighted by molar-refractivity contribution is 5.89. The van der Waals surface area contributed by atoms with Crippen LogP contribution >= 0.6 is 0 Å². The Balaban J connectivity index is 2.26. The maximum atomic E-state index is 11.4. The number of rotatable bonds is 5. The summed E-state index contributed by atoms with van der Waals surface area (Å²) in [5.41, 5.74) is 0.741. The number of nitrogens with one attached hydrogen (secondary N) is 2. The SMILES string of the molecule is CCCC(O)CNC(=O)Nc1ccccc1. The van der Waals surface area contributed by atoms with Gasteiger partial charge in [-0.15, -0.1) is 0 Å². The minimum absolute atomic E-state index is 0.284. The first kappa shape index (κ1) is 12.5. The summed E-state index contributed by atoms with van der Waals surface area (Å²) in [5, 5.41) is 14.7. The second kappa shape index (κ2) is 6.85. The molecule has 16 heavy (non-hydrogen) atoms. The number of aliphatic hydroxyl groups is 1. The van der Waals surface area contributed by atoms with Gasteiger partial charge in [-0.1, -0.05) is 31.5 Å². The fraction of sp³-hybridized carbons (Fsp3) is 0.417. The van der Waals surface area contributed by atoms with Crippen LogP contribution in [-0.2, 0) is 0 Å². The lowest BCUT2D eigenvalue weighted by molar-refractivity contribution is 0.162. The number of aliphatic hydroxyl groups excluding tert-OH is 1. The average Bonchev–Trinajstić information content (AvgIpc) is 2.28. The van der Waals surface area contributed by atoms with Crippen LogP contribution < -0.4 is 10.6 Å². The molecule has 0 heterocycles. The van der Waals surface area contributed by atoms with E-state index in [2.05, 4.69) is 10.6 Å². The van der Waals surface area contributed by atoms with E-state index in [1.807, 2.05) is 37.3 Å². The average molecular weight is 222 g/mol. The van der Waals surface area contributed by atoms with E-state index in [-0.39, 0.29) is 12.6 Å². The van der Waals surface area contributed by atoms with Gasteiger partial charge in [-0.2, -0.15) is 0 Å². The first-order valence-corrected chi connectivity index (χ1v) is 5.50. The Morgan fingerprint density at radius 3 is 2.69 bits per heavy atom. The highest BCUT2D eigenvalue weighted by atomic mass is 16.3. The van der Waals surface area contributed by atoms with Gasteiger partial charge in [-0.05, 0) is 18.6 Å². The maximum absolute atomic E-state index is 11.4. The van der Waals surface area contributed by atoms with Crippen molar-refractivity contribution in [2.45, 2.75) is 25.9 Å². The summed E-state index contributed by atoms with van der Waals surface area (Å²) in [4.78, 5) is 11.4. The minimum Gasteiger partial charge on any atom is -0.391 e. The highest BCUT2D eigenvalue weighted by Crippen LogP contribution is 2.04. The second-order valence-corrected chi connectivity index (χ2v) is 3.64. The molecule has 1 atom stereocenters. The van der Waals surface area contributed by atoms with Crippen LogP contribution in [0.4, 0.5) is 10.5 Å². The predicted molar refractivity (Wildman–Crippen MR) is 64.4 cm³/mol. The quantitative estimate of drug-likeness (QED) is 0.713. The van der Waals surface area contributed by atoms with E-state index in [9.17, 15) is 9.90 Å². The van der Waals surface area contributed by atoms with Gasteiger partial charge in [-0.3, -0.25) is 0 Å². The van der Waals surface area contributed by atoms with Crippen molar-refractivity contribution in [3.63, 3.8) is 0 Å². The van der Waals surface area contributed by atoms with E-state index in [4.69, 9.17) is 0 Å². The zero-order valence-electron chi connectivity index (χ0n) is 9.44. The molecule has 0 fully saturated rings. The number of carbonyl (C=O) groups excluding carboxylic acids is 1. The van der Waals surface area contributed by atoms with Crippen LogP contribution in [0, 0.1) is 0 Å². The first-order chi connectivity index (χ1) is 7.72. The molecule has 0 radical (unpaired) electrons. The zero-order chi connectivity index (χ0) is 11.8. The maximum Gasteiger partial charge on any atom is 0.319 e. The number of benzene rings is 1. The van der Waals surface area contributed by atoms with Gasteiger partial charge in [0.2, 0.25) is 0 Å². The molecule has 0 spiro atoms. The molecule has 88 valence electrons. The Kier molecular flexibility index (Phi) is 5.36. The molecular weight excluding hydrogens is 204 g/mol. The van der Waals surface area contributed by atoms with Crippen molar-refractivity contribution in [2.75, 3.05) is 11.9 Å². The van der Waals surface area contributed by atoms with Gasteiger partial charge in [0.05, 0.1) is 6.10 Å². The summed E-state index contributed by atoms with van der Waals surface area (Å²) in [7, 11) is 0. The molecule has 4 nitrogen and oxygen atoms in total. The van der Waals surface area contributed by atoms with E-state index in [0.717, 1.165) is 12.1 Å². The van der Waals surface area contributed by atoms with Crippen molar-refractivity contribution in [1.82, 2.24) is 5.32 Å². The Morgan fingerprint density at radius 2 is 2.06 bits per heavy atom. The summed E-state index contributed by atoms with van der Waals surface area (Å²) < 4.78 is 0. The number of hydrogen-bond donors (Lipinski definition) is 3. The summed E-state index contributed by atoms with van der Waals surface area (Å²) >= 11 is 0. The predicted octanol–water partition coefficient (Wildman–Crippen LogP) is 1.97. The normalized spacial score (nSPS) is 11.9. The Morgan fingerprint density at radius 1 is 1.38 bits per heavy atom. The number of amides is 2. The van der Waals surface area contributed by atoms with Crippen molar-refractivity contribution < 1.29 is 9.90 Å². The topological polar surface area (TPSA) is 61.4 Å². The number of urea groups is 1. The van der Waals surface area contributed by atoms with Crippen LogP contribution in [0.25, 0.3) is 0 Å². The van der Waals surface area contributed by atoms with Gasteiger partial charge < -0.3 is 15.7 Å². The lowest BCUT2D eigenvalue weighted by atomic mass is 10.2. The summed E-state index contributed by atoms with van der Waals surface area (Å²) in [6.45, 7) is 2.28. The van der Waals surface area contributed by atoms with Crippen LogP contribution in [0.3, 0.4) is 0 Å². The summed E-state index contributed by atoms with van der Waals surface area (Å²) in [6.07, 6.45) is 1.14. The number of anilines is 1. The van der Waals surface area contributed by atoms with Crippen molar-refractivity contribution in [3.8, 4) is 0 Å². The third-order valence-electron chi connectivity index (χ3n) is 2.15. The molecule has 0 saturated carbocycles. The van der Waals surface area contributed by atoms with Gasteiger partial charge >= 0.3 is 6.03 Å². The van der Waals surface area contributed by atoms with Gasteiger partial charge in [0.25, 0.3) is 0 Å². The van der Waals surface area contributed by atoms with Crippen LogP contribution in [0.2, 0.25) is 0 Å². The van der Waals surface area contributed by atoms with Crippen LogP contribution in [0.5, 0.6) is 0 Å². The lowest BCUT2D eigenvalue weighted by Gasteiger charge is -2.11. The smallest absolute Gasteiger partial charge is 0.319 e. The van der Waals surface area contributed by atoms with Crippen LogP contribution in [-0.4, -0.2) is 23.8 Å². The van der Waals surface area contributed by atoms with E-state index in [0.29, 0.717) is 6.42 Å². The minimum atomic E-state index is -0.466. The van der Waals surface area contributed by atoms with Crippen molar-refractivity contribution in [2.24, 2.45) is 0 Å². The van der Waals surface area contributed by atoms with Crippen molar-refractivity contribution >= 4 is 11.7 Å². The Labute approximate surface area is 95.7 Å². The molecule has 0 aromatic heterocycles. The Bertz CT molecular complexity index is 314. The van der Waals surface area contributed by atoms with Gasteiger partial charge in [0, 0.05) is 12.2 Å². The fourth-order valence-electron chi connectivity index (χ4n) is 1.34. The first-order valence-electron chi connectivity index (χ1n) is 5.50. The molecule has 1 unspecified atom stereocenters. The summed E-state index contributed by atoms with van der Waals surface area (Å²) in [6, 6.07) is 8.91. The van der Waals surface area contributed by atoms with Gasteiger partial charge in [0.15, 0.2) is 0 Å². The van der Waals surface area contributed by atoms with Crippen molar-refractivity contribution in [1.29, 1.82) is 0 Å². The molecule has 0 aliphatic carbocycles. The van der Waals surface area contributed by atoms with E-state index in [1.165, 1.54) is 0 Å². The fourth-order valence-corrected chi connectivity index (χ4v) is 1.34. The molecule has 1 aromatic carbocycles. The molecular formula is C12H18N2O2. The third-order valence-corrected chi connectivity index (χ3v) is 2.15. The number of para-hydroxylation sites is 1. The molecule has 0 bridgehead atoms. The molecule has 2 amide bonds. The third kappa shape index (κ3) is 4.79. The molecule has 4 heteroatoms. The van der Waals surface area contributed by atoms with E-state index in [1.54, 1.807) is 0 Å². The van der Waals surface area contributed by atoms with Crippen molar-refractivity contribution in [3.05, 3.63) is 30.3 Å². The lowest BCUT2D eigenvalue weighted by Crippen LogP contribution is -2.35. The standard InChI is InChI=1S/C12H18N2O2/c1-2-6-11(15)9-13-12(16)14-10-7-4-3-5-8-10/h3-5,7-8,11,15H,2,6,9H2,1H3,(H2,13,14,16). The second-order valence-electron chi connectivity index (χ2n) is 3.64. The Hall–Kier alpha value is -1.55. The molecule has 0 saturated heterocycles. The molecule has 1 rings (SSSR count). The van der Waals surface area contributed by atoms with Gasteiger partial charge in [-0.25, -0.2) is 4.79 Å². The summed E-state index contributed by atoms with van der Waals surface area (Å²) in [5.74, 6) is 0. The number of hydrogen-bond acceptors (Lipinski definition) is 2.